The molecular weight excluding hydrogens is 504 g/mol. The largest absolute Gasteiger partial charge is 0.327 e. The van der Waals surface area contributed by atoms with Gasteiger partial charge in [-0.2, -0.15) is 0 Å². The number of rotatable bonds is 6. The van der Waals surface area contributed by atoms with E-state index in [1.54, 1.807) is 12.1 Å². The smallest absolute Gasteiger partial charge is 0.175 e. The van der Waals surface area contributed by atoms with Crippen LogP contribution in [0.25, 0.3) is 22.4 Å². The summed E-state index contributed by atoms with van der Waals surface area (Å²) in [4.78, 5) is 10.9. The maximum absolute atomic E-state index is 11.9. The van der Waals surface area contributed by atoms with Gasteiger partial charge in [-0.25, -0.2) is 13.4 Å². The van der Waals surface area contributed by atoms with Crippen LogP contribution in [0, 0.1) is 12.8 Å². The van der Waals surface area contributed by atoms with Crippen LogP contribution in [-0.4, -0.2) is 72.8 Å². The molecular formula is C32H44N4O2S. The Morgan fingerprint density at radius 2 is 1.64 bits per heavy atom. The highest BCUT2D eigenvalue weighted by Gasteiger charge is 2.29. The van der Waals surface area contributed by atoms with Gasteiger partial charge in [0.2, 0.25) is 0 Å². The Morgan fingerprint density at radius 3 is 2.31 bits per heavy atom. The quantitative estimate of drug-likeness (QED) is 0.391. The molecule has 1 unspecified atom stereocenters. The minimum absolute atomic E-state index is 0.338. The van der Waals surface area contributed by atoms with Gasteiger partial charge in [0.15, 0.2) is 9.84 Å². The Kier molecular flexibility index (Phi) is 7.60. The molecule has 6 nitrogen and oxygen atoms in total. The zero-order chi connectivity index (χ0) is 27.1. The molecule has 210 valence electrons. The number of aromatic nitrogens is 2. The third-order valence-electron chi connectivity index (χ3n) is 9.79. The van der Waals surface area contributed by atoms with Crippen molar-refractivity contribution >= 4 is 20.9 Å². The monoisotopic (exact) mass is 548 g/mol. The Morgan fingerprint density at radius 1 is 0.897 bits per heavy atom. The summed E-state index contributed by atoms with van der Waals surface area (Å²) in [6.45, 7) is 8.52. The first-order valence-corrected chi connectivity index (χ1v) is 16.9. The van der Waals surface area contributed by atoms with E-state index < -0.39 is 9.84 Å². The molecule has 3 aliphatic rings. The lowest BCUT2D eigenvalue weighted by atomic mass is 9.85. The predicted octanol–water partition coefficient (Wildman–Crippen LogP) is 5.79. The van der Waals surface area contributed by atoms with Crippen LogP contribution in [0.15, 0.2) is 41.3 Å². The van der Waals surface area contributed by atoms with Gasteiger partial charge in [-0.1, -0.05) is 12.5 Å². The van der Waals surface area contributed by atoms with Crippen molar-refractivity contribution in [3.63, 3.8) is 0 Å². The fourth-order valence-corrected chi connectivity index (χ4v) is 7.78. The summed E-state index contributed by atoms with van der Waals surface area (Å²) < 4.78 is 25.9. The number of aryl methyl sites for hydroxylation is 2. The third kappa shape index (κ3) is 5.68. The van der Waals surface area contributed by atoms with E-state index in [9.17, 15) is 8.42 Å². The van der Waals surface area contributed by atoms with Crippen LogP contribution in [-0.2, 0) is 16.9 Å². The summed E-state index contributed by atoms with van der Waals surface area (Å²) in [6.07, 6.45) is 12.1. The Balaban J connectivity index is 1.13. The fourth-order valence-electron chi connectivity index (χ4n) is 7.15. The normalized spacial score (nSPS) is 22.7. The summed E-state index contributed by atoms with van der Waals surface area (Å²) in [5, 5.41) is 0. The van der Waals surface area contributed by atoms with Crippen LogP contribution in [0.4, 0.5) is 0 Å². The minimum atomic E-state index is -3.21. The highest BCUT2D eigenvalue weighted by Crippen LogP contribution is 2.35. The number of fused-ring (bicyclic) bond motifs is 1. The number of nitrogens with zero attached hydrogens (tertiary/aromatic N) is 4. The van der Waals surface area contributed by atoms with Crippen molar-refractivity contribution < 1.29 is 8.42 Å². The highest BCUT2D eigenvalue weighted by atomic mass is 32.2. The molecule has 39 heavy (non-hydrogen) atoms. The van der Waals surface area contributed by atoms with Gasteiger partial charge in [0.05, 0.1) is 15.9 Å². The molecule has 1 aromatic heterocycles. The van der Waals surface area contributed by atoms with Crippen LogP contribution >= 0.6 is 0 Å². The number of hydrogen-bond acceptors (Lipinski definition) is 5. The third-order valence-corrected chi connectivity index (χ3v) is 10.9. The number of likely N-dealkylation sites (tertiary alicyclic amines) is 2. The average molecular weight is 549 g/mol. The van der Waals surface area contributed by atoms with E-state index in [2.05, 4.69) is 40.5 Å². The van der Waals surface area contributed by atoms with Crippen LogP contribution in [0.1, 0.15) is 68.4 Å². The molecule has 0 radical (unpaired) electrons. The van der Waals surface area contributed by atoms with Gasteiger partial charge in [0, 0.05) is 31.5 Å². The highest BCUT2D eigenvalue weighted by molar-refractivity contribution is 7.90. The molecule has 1 saturated carbocycles. The van der Waals surface area contributed by atoms with Crippen LogP contribution in [0.5, 0.6) is 0 Å². The van der Waals surface area contributed by atoms with Crippen molar-refractivity contribution in [1.29, 1.82) is 0 Å². The molecule has 3 heterocycles. The standard InChI is InChI=1S/C32H44N4O2S/c1-23-20-27(21-30-31(23)33-32(34(30)2)26-9-11-29(12-10-26)39(3,37)38)25-13-18-36(19-14-25)28-8-5-16-35(17-15-28)22-24-6-4-7-24/h9-12,20-21,24-25,28H,4-8,13-19,22H2,1-3H3. The van der Waals surface area contributed by atoms with E-state index in [1.165, 1.54) is 101 Å². The second kappa shape index (κ2) is 11.0. The Labute approximate surface area is 234 Å². The van der Waals surface area contributed by atoms with Crippen molar-refractivity contribution in [2.75, 3.05) is 39.0 Å². The number of piperidine rings is 1. The molecule has 1 atom stereocenters. The van der Waals surface area contributed by atoms with Gasteiger partial charge in [-0.3, -0.25) is 0 Å². The van der Waals surface area contributed by atoms with E-state index >= 15 is 0 Å². The van der Waals surface area contributed by atoms with Gasteiger partial charge in [0.25, 0.3) is 0 Å². The van der Waals surface area contributed by atoms with Gasteiger partial charge in [0.1, 0.15) is 5.82 Å². The fraction of sp³-hybridized carbons (Fsp3) is 0.594. The average Bonchev–Trinajstić information content (AvgIpc) is 3.07. The molecule has 2 saturated heterocycles. The zero-order valence-corrected chi connectivity index (χ0v) is 24.7. The number of imidazole rings is 1. The number of benzene rings is 2. The molecule has 1 aliphatic carbocycles. The summed E-state index contributed by atoms with van der Waals surface area (Å²) in [6, 6.07) is 12.6. The molecule has 3 aromatic rings. The van der Waals surface area contributed by atoms with Crippen LogP contribution < -0.4 is 0 Å². The Bertz CT molecular complexity index is 1420. The zero-order valence-electron chi connectivity index (χ0n) is 23.9. The van der Waals surface area contributed by atoms with Crippen LogP contribution in [0.3, 0.4) is 0 Å². The summed E-state index contributed by atoms with van der Waals surface area (Å²) >= 11 is 0. The number of hydrogen-bond donors (Lipinski definition) is 0. The molecule has 0 spiro atoms. The first kappa shape index (κ1) is 27.0. The van der Waals surface area contributed by atoms with Crippen molar-refractivity contribution in [2.24, 2.45) is 13.0 Å². The lowest BCUT2D eigenvalue weighted by molar-refractivity contribution is 0.134. The van der Waals surface area contributed by atoms with Gasteiger partial charge in [-0.15, -0.1) is 0 Å². The maximum atomic E-state index is 11.9. The second-order valence-electron chi connectivity index (χ2n) is 12.5. The minimum Gasteiger partial charge on any atom is -0.327 e. The topological polar surface area (TPSA) is 58.4 Å². The molecule has 0 bridgehead atoms. The summed E-state index contributed by atoms with van der Waals surface area (Å²) in [5.41, 5.74) is 5.78. The molecule has 2 aliphatic heterocycles. The van der Waals surface area contributed by atoms with Crippen molar-refractivity contribution in [2.45, 2.75) is 75.1 Å². The lowest BCUT2D eigenvalue weighted by Gasteiger charge is -2.38. The van der Waals surface area contributed by atoms with Crippen molar-refractivity contribution in [3.05, 3.63) is 47.5 Å². The first-order chi connectivity index (χ1) is 18.8. The van der Waals surface area contributed by atoms with E-state index in [1.807, 2.05) is 12.1 Å². The van der Waals surface area contributed by atoms with Gasteiger partial charge < -0.3 is 14.4 Å². The molecule has 2 aromatic carbocycles. The van der Waals surface area contributed by atoms with Crippen LogP contribution in [0.2, 0.25) is 0 Å². The van der Waals surface area contributed by atoms with E-state index in [0.717, 1.165) is 34.4 Å². The molecule has 0 N–H and O–H groups in total. The second-order valence-corrected chi connectivity index (χ2v) is 14.5. The maximum Gasteiger partial charge on any atom is 0.175 e. The summed E-state index contributed by atoms with van der Waals surface area (Å²) in [7, 11) is -1.14. The van der Waals surface area contributed by atoms with E-state index in [4.69, 9.17) is 4.98 Å². The van der Waals surface area contributed by atoms with Crippen molar-refractivity contribution in [1.82, 2.24) is 19.4 Å². The van der Waals surface area contributed by atoms with E-state index in [-0.39, 0.29) is 0 Å². The molecule has 0 amide bonds. The lowest BCUT2D eigenvalue weighted by Crippen LogP contribution is -2.41. The SMILES string of the molecule is Cc1cc(C2CCN(C3CCCN(CC4CCC4)CC3)CC2)cc2c1nc(-c1ccc(S(C)(=O)=O)cc1)n2C. The van der Waals surface area contributed by atoms with Gasteiger partial charge in [-0.05, 0) is 131 Å². The molecule has 3 fully saturated rings. The Hall–Kier alpha value is -2.22. The molecule has 7 heteroatoms. The number of sulfone groups is 1. The summed E-state index contributed by atoms with van der Waals surface area (Å²) in [5.74, 6) is 2.45. The molecule has 6 rings (SSSR count). The predicted molar refractivity (Wildman–Crippen MR) is 159 cm³/mol. The van der Waals surface area contributed by atoms with E-state index in [0.29, 0.717) is 10.8 Å². The van der Waals surface area contributed by atoms with Gasteiger partial charge >= 0.3 is 0 Å². The first-order valence-electron chi connectivity index (χ1n) is 15.0. The van der Waals surface area contributed by atoms with Crippen molar-refractivity contribution in [3.8, 4) is 11.4 Å².